The van der Waals surface area contributed by atoms with Gasteiger partial charge in [-0.3, -0.25) is 9.59 Å². The fourth-order valence-corrected chi connectivity index (χ4v) is 3.44. The summed E-state index contributed by atoms with van der Waals surface area (Å²) in [6.07, 6.45) is 4.03. The first-order chi connectivity index (χ1) is 12.5. The zero-order valence-electron chi connectivity index (χ0n) is 15.6. The molecule has 3 rings (SSSR count). The number of rotatable bonds is 4. The van der Waals surface area contributed by atoms with Crippen molar-refractivity contribution in [2.45, 2.75) is 45.6 Å². The molecular formula is C20H25N3O3. The monoisotopic (exact) mass is 355 g/mol. The molecule has 1 aliphatic heterocycles. The fraction of sp³-hybridized carbons (Fsp3) is 0.450. The van der Waals surface area contributed by atoms with Gasteiger partial charge in [0.15, 0.2) is 11.4 Å². The van der Waals surface area contributed by atoms with Crippen LogP contribution in [0, 0.1) is 6.92 Å². The molecule has 0 aliphatic carbocycles. The molecule has 2 heterocycles. The van der Waals surface area contributed by atoms with Gasteiger partial charge in [-0.2, -0.15) is 9.78 Å². The predicted molar refractivity (Wildman–Crippen MR) is 100 cm³/mol. The van der Waals surface area contributed by atoms with Gasteiger partial charge in [-0.1, -0.05) is 24.6 Å². The summed E-state index contributed by atoms with van der Waals surface area (Å²) in [6, 6.07) is 9.01. The maximum absolute atomic E-state index is 13.2. The minimum absolute atomic E-state index is 0.172. The Bertz CT molecular complexity index is 842. The van der Waals surface area contributed by atoms with E-state index >= 15 is 0 Å². The highest BCUT2D eigenvalue weighted by Crippen LogP contribution is 2.24. The van der Waals surface area contributed by atoms with Crippen LogP contribution in [0.1, 0.15) is 48.7 Å². The van der Waals surface area contributed by atoms with Crippen molar-refractivity contribution >= 4 is 5.91 Å². The van der Waals surface area contributed by atoms with Crippen LogP contribution in [0.5, 0.6) is 5.75 Å². The van der Waals surface area contributed by atoms with Gasteiger partial charge in [-0.05, 0) is 44.7 Å². The van der Waals surface area contributed by atoms with Gasteiger partial charge in [-0.25, -0.2) is 0 Å². The number of aryl methyl sites for hydroxylation is 1. The number of methoxy groups -OCH3 is 1. The largest absolute Gasteiger partial charge is 0.494 e. The third-order valence-corrected chi connectivity index (χ3v) is 4.96. The third-order valence-electron chi connectivity index (χ3n) is 4.96. The van der Waals surface area contributed by atoms with E-state index < -0.39 is 0 Å². The van der Waals surface area contributed by atoms with Crippen molar-refractivity contribution < 1.29 is 9.53 Å². The molecule has 0 saturated carbocycles. The second-order valence-electron chi connectivity index (χ2n) is 6.70. The van der Waals surface area contributed by atoms with Crippen LogP contribution in [-0.4, -0.2) is 40.3 Å². The molecule has 2 aromatic rings. The number of aromatic nitrogens is 2. The topological polar surface area (TPSA) is 64.4 Å². The Hall–Kier alpha value is -2.63. The van der Waals surface area contributed by atoms with Crippen LogP contribution in [0.15, 0.2) is 35.1 Å². The quantitative estimate of drug-likeness (QED) is 0.846. The van der Waals surface area contributed by atoms with Crippen molar-refractivity contribution in [2.75, 3.05) is 13.7 Å². The van der Waals surface area contributed by atoms with E-state index in [4.69, 9.17) is 4.74 Å². The lowest BCUT2D eigenvalue weighted by Gasteiger charge is -2.35. The molecule has 0 bridgehead atoms. The number of likely N-dealkylation sites (tertiary alicyclic amines) is 1. The van der Waals surface area contributed by atoms with Crippen LogP contribution in [0.3, 0.4) is 0 Å². The molecule has 6 heteroatoms. The van der Waals surface area contributed by atoms with Crippen molar-refractivity contribution in [1.82, 2.24) is 14.7 Å². The van der Waals surface area contributed by atoms with E-state index in [0.29, 0.717) is 12.2 Å². The van der Waals surface area contributed by atoms with Gasteiger partial charge in [0.1, 0.15) is 0 Å². The summed E-state index contributed by atoms with van der Waals surface area (Å²) in [5.74, 6) is 0.0537. The lowest BCUT2D eigenvalue weighted by atomic mass is 9.99. The Morgan fingerprint density at radius 2 is 2.00 bits per heavy atom. The van der Waals surface area contributed by atoms with Gasteiger partial charge in [0.25, 0.3) is 11.5 Å². The fourth-order valence-electron chi connectivity index (χ4n) is 3.44. The molecule has 1 saturated heterocycles. The second-order valence-corrected chi connectivity index (χ2v) is 6.70. The molecule has 26 heavy (non-hydrogen) atoms. The molecule has 1 aromatic heterocycles. The maximum atomic E-state index is 13.2. The third kappa shape index (κ3) is 3.49. The van der Waals surface area contributed by atoms with Gasteiger partial charge in [0.05, 0.1) is 18.9 Å². The van der Waals surface area contributed by atoms with Crippen molar-refractivity contribution in [1.29, 1.82) is 0 Å². The van der Waals surface area contributed by atoms with E-state index in [2.05, 4.69) is 12.0 Å². The van der Waals surface area contributed by atoms with Crippen molar-refractivity contribution in [2.24, 2.45) is 0 Å². The number of ether oxygens (including phenoxy) is 1. The minimum atomic E-state index is -0.326. The van der Waals surface area contributed by atoms with Gasteiger partial charge in [0, 0.05) is 12.6 Å². The Morgan fingerprint density at radius 1 is 1.27 bits per heavy atom. The molecule has 1 aliphatic rings. The van der Waals surface area contributed by atoms with Crippen molar-refractivity contribution in [3.8, 4) is 11.4 Å². The van der Waals surface area contributed by atoms with E-state index in [1.165, 1.54) is 17.9 Å². The molecule has 0 radical (unpaired) electrons. The molecule has 0 spiro atoms. The lowest BCUT2D eigenvalue weighted by Crippen LogP contribution is -2.44. The van der Waals surface area contributed by atoms with Crippen molar-refractivity contribution in [3.63, 3.8) is 0 Å². The van der Waals surface area contributed by atoms with Crippen LogP contribution < -0.4 is 10.3 Å². The molecule has 6 nitrogen and oxygen atoms in total. The Labute approximate surface area is 153 Å². The van der Waals surface area contributed by atoms with Gasteiger partial charge >= 0.3 is 0 Å². The number of carbonyl (C=O) groups excluding carboxylic acids is 1. The summed E-state index contributed by atoms with van der Waals surface area (Å²) in [7, 11) is 1.46. The predicted octanol–water partition coefficient (Wildman–Crippen LogP) is 2.95. The Balaban J connectivity index is 2.05. The average Bonchev–Trinajstić information content (AvgIpc) is 2.68. The molecular weight excluding hydrogens is 330 g/mol. The molecule has 138 valence electrons. The molecule has 1 amide bonds. The molecule has 1 atom stereocenters. The van der Waals surface area contributed by atoms with E-state index in [1.54, 1.807) is 0 Å². The number of carbonyl (C=O) groups is 1. The number of piperidine rings is 1. The molecule has 0 N–H and O–H groups in total. The van der Waals surface area contributed by atoms with Crippen LogP contribution in [0.25, 0.3) is 5.69 Å². The van der Waals surface area contributed by atoms with E-state index in [9.17, 15) is 9.59 Å². The summed E-state index contributed by atoms with van der Waals surface area (Å²) >= 11 is 0. The van der Waals surface area contributed by atoms with E-state index in [-0.39, 0.29) is 29.0 Å². The zero-order valence-corrected chi connectivity index (χ0v) is 15.6. The normalized spacial score (nSPS) is 17.2. The van der Waals surface area contributed by atoms with E-state index in [1.807, 2.05) is 36.1 Å². The highest BCUT2D eigenvalue weighted by atomic mass is 16.5. The first-order valence-corrected chi connectivity index (χ1v) is 9.11. The van der Waals surface area contributed by atoms with Gasteiger partial charge in [-0.15, -0.1) is 0 Å². The number of hydrogen-bond acceptors (Lipinski definition) is 4. The molecule has 1 aromatic carbocycles. The lowest BCUT2D eigenvalue weighted by molar-refractivity contribution is 0.0596. The number of hydrogen-bond donors (Lipinski definition) is 0. The average molecular weight is 355 g/mol. The second kappa shape index (κ2) is 7.72. The number of benzene rings is 1. The van der Waals surface area contributed by atoms with Gasteiger partial charge < -0.3 is 9.64 Å². The summed E-state index contributed by atoms with van der Waals surface area (Å²) in [5, 5.41) is 4.37. The standard InChI is InChI=1S/C20H25N3O3/c1-4-15-7-5-6-12-22(15)20(25)19-17(26-3)13-18(24)23(21-19)16-10-8-14(2)9-11-16/h8-11,13,15H,4-7,12H2,1-3H3. The Kier molecular flexibility index (Phi) is 5.40. The molecule has 1 fully saturated rings. The maximum Gasteiger partial charge on any atom is 0.278 e. The smallest absolute Gasteiger partial charge is 0.278 e. The summed E-state index contributed by atoms with van der Waals surface area (Å²) in [6.45, 7) is 4.78. The minimum Gasteiger partial charge on any atom is -0.494 e. The first kappa shape index (κ1) is 18.2. The van der Waals surface area contributed by atoms with Crippen molar-refractivity contribution in [3.05, 3.63) is 51.9 Å². The molecule has 1 unspecified atom stereocenters. The number of amides is 1. The Morgan fingerprint density at radius 3 is 2.65 bits per heavy atom. The first-order valence-electron chi connectivity index (χ1n) is 9.11. The van der Waals surface area contributed by atoms with Gasteiger partial charge in [0.2, 0.25) is 0 Å². The SMILES string of the molecule is CCC1CCCCN1C(=O)c1nn(-c2ccc(C)cc2)c(=O)cc1OC. The number of nitrogens with zero attached hydrogens (tertiary/aromatic N) is 3. The zero-order chi connectivity index (χ0) is 18.7. The summed E-state index contributed by atoms with van der Waals surface area (Å²) in [4.78, 5) is 27.5. The van der Waals surface area contributed by atoms with Crippen LogP contribution in [0.4, 0.5) is 0 Å². The highest BCUT2D eigenvalue weighted by molar-refractivity contribution is 5.95. The summed E-state index contributed by atoms with van der Waals surface area (Å²) in [5.41, 5.74) is 1.58. The van der Waals surface area contributed by atoms with Crippen LogP contribution in [-0.2, 0) is 0 Å². The van der Waals surface area contributed by atoms with E-state index in [0.717, 1.165) is 31.2 Å². The van der Waals surface area contributed by atoms with Crippen LogP contribution in [0.2, 0.25) is 0 Å². The highest BCUT2D eigenvalue weighted by Gasteiger charge is 2.30. The summed E-state index contributed by atoms with van der Waals surface area (Å²) < 4.78 is 6.56. The van der Waals surface area contributed by atoms with Crippen LogP contribution >= 0.6 is 0 Å².